The average Bonchev–Trinajstić information content (AvgIpc) is 3.39. The minimum atomic E-state index is -0.132. The fourth-order valence-corrected chi connectivity index (χ4v) is 5.87. The lowest BCUT2D eigenvalue weighted by Gasteiger charge is -2.28. The van der Waals surface area contributed by atoms with Gasteiger partial charge >= 0.3 is 0 Å². The lowest BCUT2D eigenvalue weighted by molar-refractivity contribution is -0.116. The fraction of sp³-hybridized carbons (Fsp3) is 0.281. The summed E-state index contributed by atoms with van der Waals surface area (Å²) in [6.45, 7) is 10.9. The zero-order valence-corrected chi connectivity index (χ0v) is 24.0. The van der Waals surface area contributed by atoms with Gasteiger partial charge in [0.2, 0.25) is 5.91 Å². The molecular formula is C32H35N5OS. The zero-order chi connectivity index (χ0) is 27.7. The lowest BCUT2D eigenvalue weighted by Crippen LogP contribution is -2.33. The second kappa shape index (κ2) is 11.0. The van der Waals surface area contributed by atoms with Crippen molar-refractivity contribution in [1.82, 2.24) is 19.8 Å². The third-order valence-corrected chi connectivity index (χ3v) is 7.85. The van der Waals surface area contributed by atoms with Gasteiger partial charge in [-0.1, -0.05) is 30.3 Å². The Morgan fingerprint density at radius 3 is 2.51 bits per heavy atom. The number of hydrogen-bond acceptors (Lipinski definition) is 3. The number of carbonyl (C=O) groups is 1. The first kappa shape index (κ1) is 26.6. The Kier molecular flexibility index (Phi) is 7.53. The van der Waals surface area contributed by atoms with Gasteiger partial charge in [-0.3, -0.25) is 9.78 Å². The maximum Gasteiger partial charge on any atom is 0.226 e. The van der Waals surface area contributed by atoms with E-state index in [2.05, 4.69) is 82.3 Å². The molecule has 0 saturated carbocycles. The number of carbonyl (C=O) groups excluding carboxylic acids is 1. The highest BCUT2D eigenvalue weighted by atomic mass is 32.1. The minimum Gasteiger partial charge on any atom is -0.352 e. The molecule has 5 rings (SSSR count). The van der Waals surface area contributed by atoms with Crippen LogP contribution in [0.1, 0.15) is 57.8 Å². The molecule has 0 radical (unpaired) electrons. The zero-order valence-electron chi connectivity index (χ0n) is 23.2. The molecule has 3 heterocycles. The SMILES string of the molecule is Cc1cccc(-n2c(C)cc(C3C(c4ccccn4)NC(=S)N3CCC(=O)Nc3cc(C)ccc3C)c2C)c1. The summed E-state index contributed by atoms with van der Waals surface area (Å²) in [5.41, 5.74) is 9.77. The van der Waals surface area contributed by atoms with Crippen molar-refractivity contribution in [2.45, 2.75) is 53.1 Å². The van der Waals surface area contributed by atoms with Gasteiger partial charge in [-0.25, -0.2) is 0 Å². The van der Waals surface area contributed by atoms with Crippen molar-refractivity contribution in [3.8, 4) is 5.69 Å². The second-order valence-electron chi connectivity index (χ2n) is 10.4. The van der Waals surface area contributed by atoms with Crippen LogP contribution in [0.15, 0.2) is 72.9 Å². The Morgan fingerprint density at radius 1 is 0.974 bits per heavy atom. The van der Waals surface area contributed by atoms with Crippen molar-refractivity contribution in [1.29, 1.82) is 0 Å². The Labute approximate surface area is 236 Å². The van der Waals surface area contributed by atoms with Gasteiger partial charge in [-0.2, -0.15) is 0 Å². The Bertz CT molecular complexity index is 1530. The molecule has 1 amide bonds. The molecule has 39 heavy (non-hydrogen) atoms. The number of nitrogens with one attached hydrogen (secondary N) is 2. The van der Waals surface area contributed by atoms with Crippen LogP contribution in [-0.2, 0) is 4.79 Å². The molecule has 0 spiro atoms. The number of thiocarbonyl (C=S) groups is 1. The Hall–Kier alpha value is -3.97. The van der Waals surface area contributed by atoms with Crippen molar-refractivity contribution in [3.63, 3.8) is 0 Å². The average molecular weight is 538 g/mol. The number of anilines is 1. The van der Waals surface area contributed by atoms with Crippen LogP contribution < -0.4 is 10.6 Å². The van der Waals surface area contributed by atoms with Gasteiger partial charge in [0.25, 0.3) is 0 Å². The summed E-state index contributed by atoms with van der Waals surface area (Å²) in [5.74, 6) is -0.0308. The maximum absolute atomic E-state index is 13.1. The number of rotatable bonds is 7. The summed E-state index contributed by atoms with van der Waals surface area (Å²) in [6, 6.07) is 22.6. The van der Waals surface area contributed by atoms with Gasteiger partial charge in [-0.15, -0.1) is 0 Å². The van der Waals surface area contributed by atoms with Crippen LogP contribution in [0.3, 0.4) is 0 Å². The van der Waals surface area contributed by atoms with Crippen LogP contribution in [-0.4, -0.2) is 32.0 Å². The molecule has 2 atom stereocenters. The molecule has 2 aromatic carbocycles. The number of aromatic nitrogens is 2. The van der Waals surface area contributed by atoms with E-state index in [1.54, 1.807) is 0 Å². The van der Waals surface area contributed by atoms with Crippen molar-refractivity contribution >= 4 is 28.9 Å². The summed E-state index contributed by atoms with van der Waals surface area (Å²) in [4.78, 5) is 19.9. The maximum atomic E-state index is 13.1. The molecule has 7 heteroatoms. The van der Waals surface area contributed by atoms with E-state index in [9.17, 15) is 4.79 Å². The van der Waals surface area contributed by atoms with E-state index in [-0.39, 0.29) is 18.0 Å². The van der Waals surface area contributed by atoms with Crippen molar-refractivity contribution < 1.29 is 4.79 Å². The topological polar surface area (TPSA) is 62.2 Å². The van der Waals surface area contributed by atoms with Crippen LogP contribution in [0.2, 0.25) is 0 Å². The van der Waals surface area contributed by atoms with E-state index in [1.165, 1.54) is 11.1 Å². The van der Waals surface area contributed by atoms with Gasteiger partial charge in [0.15, 0.2) is 5.11 Å². The molecule has 0 aliphatic carbocycles. The third-order valence-electron chi connectivity index (χ3n) is 7.49. The smallest absolute Gasteiger partial charge is 0.226 e. The molecule has 2 N–H and O–H groups in total. The van der Waals surface area contributed by atoms with Crippen LogP contribution in [0.25, 0.3) is 5.69 Å². The predicted molar refractivity (Wildman–Crippen MR) is 161 cm³/mol. The standard InChI is InChI=1S/C32H35N5OS/c1-20-9-8-10-25(17-20)37-23(4)19-26(24(37)5)31-30(27-11-6-7-15-33-27)35-32(39)36(31)16-14-29(38)34-28-18-21(2)12-13-22(28)3/h6-13,15,17-19,30-31H,14,16H2,1-5H3,(H,34,38)(H,35,39). The van der Waals surface area contributed by atoms with Gasteiger partial charge in [-0.05, 0) is 105 Å². The molecule has 200 valence electrons. The summed E-state index contributed by atoms with van der Waals surface area (Å²) in [5, 5.41) is 7.25. The van der Waals surface area contributed by atoms with E-state index in [4.69, 9.17) is 12.2 Å². The largest absolute Gasteiger partial charge is 0.352 e. The first-order valence-electron chi connectivity index (χ1n) is 13.3. The molecule has 2 aromatic heterocycles. The van der Waals surface area contributed by atoms with Crippen molar-refractivity contribution in [2.24, 2.45) is 0 Å². The molecule has 1 saturated heterocycles. The van der Waals surface area contributed by atoms with Crippen LogP contribution >= 0.6 is 12.2 Å². The first-order chi connectivity index (χ1) is 18.7. The Morgan fingerprint density at radius 2 is 1.77 bits per heavy atom. The Balaban J connectivity index is 1.47. The second-order valence-corrected chi connectivity index (χ2v) is 10.8. The molecule has 1 aliphatic rings. The van der Waals surface area contributed by atoms with E-state index in [0.29, 0.717) is 18.1 Å². The number of benzene rings is 2. The first-order valence-corrected chi connectivity index (χ1v) is 13.7. The summed E-state index contributed by atoms with van der Waals surface area (Å²) in [7, 11) is 0. The summed E-state index contributed by atoms with van der Waals surface area (Å²) >= 11 is 5.86. The fourth-order valence-electron chi connectivity index (χ4n) is 5.54. The van der Waals surface area contributed by atoms with Crippen LogP contribution in [0.4, 0.5) is 5.69 Å². The van der Waals surface area contributed by atoms with Crippen molar-refractivity contribution in [2.75, 3.05) is 11.9 Å². The van der Waals surface area contributed by atoms with Gasteiger partial charge in [0.1, 0.15) is 0 Å². The third kappa shape index (κ3) is 5.45. The van der Waals surface area contributed by atoms with Gasteiger partial charge < -0.3 is 20.1 Å². The summed E-state index contributed by atoms with van der Waals surface area (Å²) < 4.78 is 2.30. The molecule has 2 unspecified atom stereocenters. The van der Waals surface area contributed by atoms with E-state index in [0.717, 1.165) is 39.6 Å². The molecule has 1 fully saturated rings. The highest BCUT2D eigenvalue weighted by Crippen LogP contribution is 2.41. The molecule has 0 bridgehead atoms. The summed E-state index contributed by atoms with van der Waals surface area (Å²) in [6.07, 6.45) is 2.13. The van der Waals surface area contributed by atoms with Crippen LogP contribution in [0.5, 0.6) is 0 Å². The molecule has 1 aliphatic heterocycles. The van der Waals surface area contributed by atoms with Gasteiger partial charge in [0, 0.05) is 41.9 Å². The predicted octanol–water partition coefficient (Wildman–Crippen LogP) is 6.42. The van der Waals surface area contributed by atoms with E-state index >= 15 is 0 Å². The number of nitrogens with zero attached hydrogens (tertiary/aromatic N) is 3. The molecule has 4 aromatic rings. The van der Waals surface area contributed by atoms with Crippen molar-refractivity contribution in [3.05, 3.63) is 112 Å². The molecular weight excluding hydrogens is 502 g/mol. The quantitative estimate of drug-likeness (QED) is 0.267. The minimum absolute atomic E-state index is 0.0308. The highest BCUT2D eigenvalue weighted by Gasteiger charge is 2.41. The van der Waals surface area contributed by atoms with E-state index < -0.39 is 0 Å². The monoisotopic (exact) mass is 537 g/mol. The normalized spacial score (nSPS) is 16.8. The number of aryl methyl sites for hydroxylation is 4. The lowest BCUT2D eigenvalue weighted by atomic mass is 9.96. The number of amides is 1. The highest BCUT2D eigenvalue weighted by molar-refractivity contribution is 7.80. The van der Waals surface area contributed by atoms with E-state index in [1.807, 2.05) is 50.4 Å². The number of hydrogen-bond donors (Lipinski definition) is 2. The number of pyridine rings is 1. The van der Waals surface area contributed by atoms with Crippen LogP contribution in [0, 0.1) is 34.6 Å². The molecule has 6 nitrogen and oxygen atoms in total. The van der Waals surface area contributed by atoms with Gasteiger partial charge in [0.05, 0.1) is 17.8 Å².